The van der Waals surface area contributed by atoms with E-state index in [1.807, 2.05) is 6.92 Å². The zero-order chi connectivity index (χ0) is 14.1. The number of hydrogen-bond acceptors (Lipinski definition) is 4. The first-order valence-electron chi connectivity index (χ1n) is 5.71. The summed E-state index contributed by atoms with van der Waals surface area (Å²) in [4.78, 5) is 0. The maximum absolute atomic E-state index is 11.8. The fourth-order valence-corrected chi connectivity index (χ4v) is 2.60. The Kier molecular flexibility index (Phi) is 4.61. The molecule has 0 aliphatic rings. The third-order valence-electron chi connectivity index (χ3n) is 3.14. The number of hydrogen-bond donors (Lipinski definition) is 1. The highest BCUT2D eigenvalue weighted by Crippen LogP contribution is 2.35. The zero-order valence-electron chi connectivity index (χ0n) is 11.0. The van der Waals surface area contributed by atoms with Crippen LogP contribution in [0.1, 0.15) is 39.0 Å². The van der Waals surface area contributed by atoms with Crippen molar-refractivity contribution in [3.63, 3.8) is 0 Å². The predicted molar refractivity (Wildman–Crippen MR) is 74.1 cm³/mol. The summed E-state index contributed by atoms with van der Waals surface area (Å²) in [7, 11) is -3.39. The van der Waals surface area contributed by atoms with Crippen LogP contribution in [-0.4, -0.2) is 34.3 Å². The summed E-state index contributed by atoms with van der Waals surface area (Å²) in [6.45, 7) is 5.66. The Bertz CT molecular complexity index is 522. The largest absolute Gasteiger partial charge is 0.385 e. The molecule has 1 unspecified atom stereocenters. The van der Waals surface area contributed by atoms with Gasteiger partial charge in [-0.05, 0) is 36.2 Å². The monoisotopic (exact) mass is 338 g/mol. The highest BCUT2D eigenvalue weighted by atomic mass is 79.9. The summed E-state index contributed by atoms with van der Waals surface area (Å²) in [5.74, 6) is 0. The highest BCUT2D eigenvalue weighted by molar-refractivity contribution is 9.10. The lowest BCUT2D eigenvalue weighted by Crippen LogP contribution is -2.39. The molecule has 0 fully saturated rings. The van der Waals surface area contributed by atoms with E-state index in [1.54, 1.807) is 10.9 Å². The number of aromatic nitrogens is 2. The summed E-state index contributed by atoms with van der Waals surface area (Å²) >= 11 is 3.31. The van der Waals surface area contributed by atoms with Crippen LogP contribution in [0.4, 0.5) is 0 Å². The van der Waals surface area contributed by atoms with Gasteiger partial charge in [-0.1, -0.05) is 6.92 Å². The second-order valence-electron chi connectivity index (χ2n) is 4.88. The van der Waals surface area contributed by atoms with E-state index >= 15 is 0 Å². The molecule has 0 aliphatic heterocycles. The van der Waals surface area contributed by atoms with Crippen molar-refractivity contribution in [1.82, 2.24) is 9.78 Å². The summed E-state index contributed by atoms with van der Waals surface area (Å²) < 4.78 is 24.5. The van der Waals surface area contributed by atoms with E-state index in [1.165, 1.54) is 13.8 Å². The minimum Gasteiger partial charge on any atom is -0.385 e. The summed E-state index contributed by atoms with van der Waals surface area (Å²) in [6, 6.07) is 0. The van der Waals surface area contributed by atoms with Gasteiger partial charge in [0.05, 0.1) is 21.1 Å². The molecule has 1 N–H and O–H groups in total. The molecule has 0 aliphatic carbocycles. The van der Waals surface area contributed by atoms with Gasteiger partial charge in [0, 0.05) is 12.8 Å². The van der Waals surface area contributed by atoms with E-state index in [-0.39, 0.29) is 0 Å². The first-order valence-corrected chi connectivity index (χ1v) is 8.40. The number of halogens is 1. The third kappa shape index (κ3) is 2.78. The minimum absolute atomic E-state index is 0.507. The molecular weight excluding hydrogens is 320 g/mol. The lowest BCUT2D eigenvalue weighted by molar-refractivity contribution is 0.128. The van der Waals surface area contributed by atoms with Crippen LogP contribution < -0.4 is 0 Å². The Labute approximate surface area is 116 Å². The third-order valence-corrected chi connectivity index (χ3v) is 5.89. The number of nitrogens with zero attached hydrogens (tertiary/aromatic N) is 2. The molecule has 0 amide bonds. The maximum atomic E-state index is 11.8. The Morgan fingerprint density at radius 2 is 2.11 bits per heavy atom. The lowest BCUT2D eigenvalue weighted by atomic mass is 10.0. The van der Waals surface area contributed by atoms with Crippen LogP contribution in [0.3, 0.4) is 0 Å². The van der Waals surface area contributed by atoms with Crippen molar-refractivity contribution in [2.45, 2.75) is 44.6 Å². The van der Waals surface area contributed by atoms with Crippen LogP contribution in [0.5, 0.6) is 0 Å². The molecule has 1 aromatic rings. The summed E-state index contributed by atoms with van der Waals surface area (Å²) in [6.07, 6.45) is 2.43. The fourth-order valence-electron chi connectivity index (χ4n) is 1.57. The number of rotatable bonds is 5. The molecule has 0 aromatic carbocycles. The smallest absolute Gasteiger partial charge is 0.155 e. The maximum Gasteiger partial charge on any atom is 0.155 e. The Balaban J connectivity index is 3.26. The quantitative estimate of drug-likeness (QED) is 0.890. The Morgan fingerprint density at radius 3 is 2.56 bits per heavy atom. The molecule has 1 heterocycles. The fraction of sp³-hybridized carbons (Fsp3) is 0.727. The van der Waals surface area contributed by atoms with E-state index in [0.29, 0.717) is 16.7 Å². The van der Waals surface area contributed by atoms with E-state index < -0.39 is 20.7 Å². The first-order chi connectivity index (χ1) is 8.13. The summed E-state index contributed by atoms with van der Waals surface area (Å²) in [5, 5.41) is 14.5. The van der Waals surface area contributed by atoms with E-state index in [9.17, 15) is 13.5 Å². The number of aryl methyl sites for hydroxylation is 1. The van der Waals surface area contributed by atoms with Gasteiger partial charge in [-0.2, -0.15) is 5.10 Å². The molecule has 7 heteroatoms. The second kappa shape index (κ2) is 5.30. The van der Waals surface area contributed by atoms with Crippen LogP contribution in [-0.2, 0) is 16.4 Å². The van der Waals surface area contributed by atoms with Crippen LogP contribution in [0.2, 0.25) is 0 Å². The second-order valence-corrected chi connectivity index (χ2v) is 8.33. The molecule has 0 spiro atoms. The van der Waals surface area contributed by atoms with Crippen molar-refractivity contribution in [2.75, 3.05) is 6.26 Å². The van der Waals surface area contributed by atoms with Gasteiger partial charge in [0.15, 0.2) is 9.84 Å². The normalized spacial score (nSPS) is 14.8. The van der Waals surface area contributed by atoms with Crippen molar-refractivity contribution < 1.29 is 13.5 Å². The highest BCUT2D eigenvalue weighted by Gasteiger charge is 2.41. The van der Waals surface area contributed by atoms with Gasteiger partial charge in [-0.25, -0.2) is 8.42 Å². The molecule has 0 saturated carbocycles. The minimum atomic E-state index is -3.39. The SMILES string of the molecule is CCCn1ncc(Br)c1C(O)C(C)(C)S(C)(=O)=O. The van der Waals surface area contributed by atoms with Crippen LogP contribution >= 0.6 is 15.9 Å². The van der Waals surface area contributed by atoms with Gasteiger partial charge in [-0.15, -0.1) is 0 Å². The average Bonchev–Trinajstić information content (AvgIpc) is 2.58. The molecule has 1 aromatic heterocycles. The molecule has 0 bridgehead atoms. The molecule has 0 radical (unpaired) electrons. The van der Waals surface area contributed by atoms with Crippen molar-refractivity contribution >= 4 is 25.8 Å². The summed E-state index contributed by atoms with van der Waals surface area (Å²) in [5.41, 5.74) is 0.507. The van der Waals surface area contributed by atoms with Gasteiger partial charge in [0.1, 0.15) is 6.10 Å². The molecule has 1 rings (SSSR count). The average molecular weight is 339 g/mol. The van der Waals surface area contributed by atoms with E-state index in [0.717, 1.165) is 12.7 Å². The van der Waals surface area contributed by atoms with Crippen LogP contribution in [0, 0.1) is 0 Å². The van der Waals surface area contributed by atoms with Crippen LogP contribution in [0.25, 0.3) is 0 Å². The Hall–Kier alpha value is -0.400. The van der Waals surface area contributed by atoms with Crippen molar-refractivity contribution in [1.29, 1.82) is 0 Å². The number of aliphatic hydroxyl groups is 1. The number of aliphatic hydroxyl groups excluding tert-OH is 1. The van der Waals surface area contributed by atoms with Gasteiger partial charge < -0.3 is 5.11 Å². The number of sulfone groups is 1. The van der Waals surface area contributed by atoms with Crippen molar-refractivity contribution in [2.24, 2.45) is 0 Å². The molecule has 104 valence electrons. The van der Waals surface area contributed by atoms with Gasteiger partial charge >= 0.3 is 0 Å². The molecular formula is C11H19BrN2O3S. The molecule has 1 atom stereocenters. The molecule has 18 heavy (non-hydrogen) atoms. The van der Waals surface area contributed by atoms with Crippen molar-refractivity contribution in [3.8, 4) is 0 Å². The van der Waals surface area contributed by atoms with Gasteiger partial charge in [0.25, 0.3) is 0 Å². The molecule has 0 saturated heterocycles. The van der Waals surface area contributed by atoms with Gasteiger partial charge in [0.2, 0.25) is 0 Å². The zero-order valence-corrected chi connectivity index (χ0v) is 13.4. The predicted octanol–water partition coefficient (Wildman–Crippen LogP) is 1.91. The topological polar surface area (TPSA) is 72.2 Å². The van der Waals surface area contributed by atoms with Crippen LogP contribution in [0.15, 0.2) is 10.7 Å². The lowest BCUT2D eigenvalue weighted by Gasteiger charge is -2.29. The van der Waals surface area contributed by atoms with Crippen molar-refractivity contribution in [3.05, 3.63) is 16.4 Å². The standard InChI is InChI=1S/C11H19BrN2O3S/c1-5-6-14-9(8(12)7-13-14)10(15)11(2,3)18(4,16)17/h7,10,15H,5-6H2,1-4H3. The molecule has 5 nitrogen and oxygen atoms in total. The Morgan fingerprint density at radius 1 is 1.56 bits per heavy atom. The van der Waals surface area contributed by atoms with Gasteiger partial charge in [-0.3, -0.25) is 4.68 Å². The first kappa shape index (κ1) is 15.7. The van der Waals surface area contributed by atoms with E-state index in [4.69, 9.17) is 0 Å². The van der Waals surface area contributed by atoms with E-state index in [2.05, 4.69) is 21.0 Å².